The van der Waals surface area contributed by atoms with Gasteiger partial charge >= 0.3 is 0 Å². The lowest BCUT2D eigenvalue weighted by Gasteiger charge is -2.27. The van der Waals surface area contributed by atoms with Gasteiger partial charge in [0.1, 0.15) is 10.6 Å². The topological polar surface area (TPSA) is 85.7 Å². The molecule has 8 nitrogen and oxygen atoms in total. The molecule has 188 valence electrons. The highest BCUT2D eigenvalue weighted by molar-refractivity contribution is 7.20. The second kappa shape index (κ2) is 11.2. The van der Waals surface area contributed by atoms with Gasteiger partial charge in [-0.3, -0.25) is 14.3 Å². The molecule has 2 aromatic heterocycles. The summed E-state index contributed by atoms with van der Waals surface area (Å²) in [7, 11) is 1.53. The molecule has 1 saturated heterocycles. The molecule has 1 aromatic carbocycles. The Balaban J connectivity index is 1.55. The standard InChI is InChI=1S/C26H34N4O4S/c1-5-7-19(8-6-2)30-26-21(17(3)28-30)16-23(35-26)24(31)27-18-9-10-20(22(15-18)33-4)25(32)29-11-13-34-14-12-29/h9-10,15-16,19H,5-8,11-14H2,1-4H3,(H,27,31). The van der Waals surface area contributed by atoms with E-state index in [1.807, 2.05) is 13.0 Å². The number of aryl methyl sites for hydroxylation is 1. The summed E-state index contributed by atoms with van der Waals surface area (Å²) >= 11 is 1.47. The molecule has 3 heterocycles. The van der Waals surface area contributed by atoms with Gasteiger partial charge in [0, 0.05) is 30.2 Å². The number of methoxy groups -OCH3 is 1. The summed E-state index contributed by atoms with van der Waals surface area (Å²) in [4.78, 5) is 29.5. The normalized spacial score (nSPS) is 14.0. The Bertz CT molecular complexity index is 1190. The predicted molar refractivity (Wildman–Crippen MR) is 139 cm³/mol. The Hall–Kier alpha value is -2.91. The third kappa shape index (κ3) is 5.36. The molecule has 1 N–H and O–H groups in total. The number of amides is 2. The number of aromatic nitrogens is 2. The van der Waals surface area contributed by atoms with Gasteiger partial charge in [0.2, 0.25) is 0 Å². The molecule has 1 aliphatic rings. The largest absolute Gasteiger partial charge is 0.496 e. The summed E-state index contributed by atoms with van der Waals surface area (Å²) in [6, 6.07) is 7.42. The summed E-state index contributed by atoms with van der Waals surface area (Å²) in [5, 5.41) is 8.79. The van der Waals surface area contributed by atoms with Crippen LogP contribution in [0.15, 0.2) is 24.3 Å². The smallest absolute Gasteiger partial charge is 0.265 e. The number of hydrogen-bond acceptors (Lipinski definition) is 6. The lowest BCUT2D eigenvalue weighted by atomic mass is 10.1. The predicted octanol–water partition coefficient (Wildman–Crippen LogP) is 5.28. The van der Waals surface area contributed by atoms with Gasteiger partial charge < -0.3 is 19.7 Å². The summed E-state index contributed by atoms with van der Waals surface area (Å²) < 4.78 is 12.9. The van der Waals surface area contributed by atoms with Crippen molar-refractivity contribution >= 4 is 39.1 Å². The zero-order chi connectivity index (χ0) is 24.9. The van der Waals surface area contributed by atoms with E-state index in [-0.39, 0.29) is 11.8 Å². The van der Waals surface area contributed by atoms with Crippen LogP contribution in [0.4, 0.5) is 5.69 Å². The van der Waals surface area contributed by atoms with Crippen molar-refractivity contribution in [1.82, 2.24) is 14.7 Å². The number of anilines is 1. The number of ether oxygens (including phenoxy) is 2. The maximum absolute atomic E-state index is 13.1. The van der Waals surface area contributed by atoms with Crippen molar-refractivity contribution in [1.29, 1.82) is 0 Å². The van der Waals surface area contributed by atoms with Crippen LogP contribution in [0.5, 0.6) is 5.75 Å². The van der Waals surface area contributed by atoms with Gasteiger partial charge in [-0.25, -0.2) is 0 Å². The van der Waals surface area contributed by atoms with Crippen LogP contribution in [0.2, 0.25) is 0 Å². The number of fused-ring (bicyclic) bond motifs is 1. The van der Waals surface area contributed by atoms with Gasteiger partial charge in [0.25, 0.3) is 11.8 Å². The van der Waals surface area contributed by atoms with E-state index in [1.165, 1.54) is 18.4 Å². The summed E-state index contributed by atoms with van der Waals surface area (Å²) in [5.41, 5.74) is 2.00. The Morgan fingerprint density at radius 3 is 2.54 bits per heavy atom. The van der Waals surface area contributed by atoms with Gasteiger partial charge in [-0.15, -0.1) is 11.3 Å². The maximum Gasteiger partial charge on any atom is 0.265 e. The molecule has 0 spiro atoms. The highest BCUT2D eigenvalue weighted by Crippen LogP contribution is 2.34. The minimum Gasteiger partial charge on any atom is -0.496 e. The van der Waals surface area contributed by atoms with Crippen LogP contribution in [0.1, 0.15) is 71.3 Å². The van der Waals surface area contributed by atoms with E-state index in [4.69, 9.17) is 14.6 Å². The van der Waals surface area contributed by atoms with Crippen LogP contribution in [0.3, 0.4) is 0 Å². The van der Waals surface area contributed by atoms with Crippen molar-refractivity contribution < 1.29 is 19.1 Å². The molecular weight excluding hydrogens is 464 g/mol. The molecule has 0 aliphatic carbocycles. The fourth-order valence-electron chi connectivity index (χ4n) is 4.56. The van der Waals surface area contributed by atoms with Gasteiger partial charge in [-0.1, -0.05) is 26.7 Å². The molecule has 0 radical (unpaired) electrons. The minimum absolute atomic E-state index is 0.0960. The first-order chi connectivity index (χ1) is 17.0. The second-order valence-electron chi connectivity index (χ2n) is 8.86. The van der Waals surface area contributed by atoms with Crippen LogP contribution < -0.4 is 10.1 Å². The molecule has 0 bridgehead atoms. The van der Waals surface area contributed by atoms with Crippen molar-refractivity contribution in [2.75, 3.05) is 38.7 Å². The number of hydrogen-bond donors (Lipinski definition) is 1. The molecule has 3 aromatic rings. The SMILES string of the molecule is CCCC(CCC)n1nc(C)c2cc(C(=O)Nc3ccc(C(=O)N4CCOCC4)c(OC)c3)sc21. The zero-order valence-electron chi connectivity index (χ0n) is 20.9. The Morgan fingerprint density at radius 2 is 1.89 bits per heavy atom. The number of benzene rings is 1. The van der Waals surface area contributed by atoms with Crippen LogP contribution in [-0.4, -0.2) is 59.9 Å². The summed E-state index contributed by atoms with van der Waals surface area (Å²) in [5.74, 6) is 0.152. The molecule has 35 heavy (non-hydrogen) atoms. The maximum atomic E-state index is 13.1. The Labute approximate surface area is 210 Å². The fraction of sp³-hybridized carbons (Fsp3) is 0.500. The summed E-state index contributed by atoms with van der Waals surface area (Å²) in [6.45, 7) is 8.56. The molecule has 0 atom stereocenters. The number of morpholine rings is 1. The molecule has 0 saturated carbocycles. The first-order valence-corrected chi connectivity index (χ1v) is 13.1. The van der Waals surface area contributed by atoms with E-state index in [0.717, 1.165) is 41.6 Å². The van der Waals surface area contributed by atoms with E-state index in [2.05, 4.69) is 23.8 Å². The van der Waals surface area contributed by atoms with Crippen molar-refractivity contribution in [2.24, 2.45) is 0 Å². The van der Waals surface area contributed by atoms with Gasteiger partial charge in [-0.2, -0.15) is 5.10 Å². The lowest BCUT2D eigenvalue weighted by Crippen LogP contribution is -2.40. The van der Waals surface area contributed by atoms with Crippen molar-refractivity contribution in [3.8, 4) is 5.75 Å². The molecular formula is C26H34N4O4S. The second-order valence-corrected chi connectivity index (χ2v) is 9.90. The molecule has 0 unspecified atom stereocenters. The summed E-state index contributed by atoms with van der Waals surface area (Å²) in [6.07, 6.45) is 4.32. The van der Waals surface area contributed by atoms with E-state index < -0.39 is 0 Å². The highest BCUT2D eigenvalue weighted by Gasteiger charge is 2.23. The van der Waals surface area contributed by atoms with E-state index in [0.29, 0.717) is 54.2 Å². The average Bonchev–Trinajstić information content (AvgIpc) is 3.44. The molecule has 2 amide bonds. The van der Waals surface area contributed by atoms with Gasteiger partial charge in [-0.05, 0) is 38.0 Å². The monoisotopic (exact) mass is 498 g/mol. The first-order valence-electron chi connectivity index (χ1n) is 12.3. The highest BCUT2D eigenvalue weighted by atomic mass is 32.1. The van der Waals surface area contributed by atoms with Crippen LogP contribution in [0.25, 0.3) is 10.2 Å². The number of nitrogens with one attached hydrogen (secondary N) is 1. The fourth-order valence-corrected chi connectivity index (χ4v) is 5.69. The lowest BCUT2D eigenvalue weighted by molar-refractivity contribution is 0.0301. The van der Waals surface area contributed by atoms with E-state index in [1.54, 1.807) is 23.1 Å². The third-order valence-corrected chi connectivity index (χ3v) is 7.49. The number of thiophene rings is 1. The van der Waals surface area contributed by atoms with Crippen LogP contribution in [0, 0.1) is 6.92 Å². The molecule has 4 rings (SSSR count). The Morgan fingerprint density at radius 1 is 1.17 bits per heavy atom. The first kappa shape index (κ1) is 25.2. The number of nitrogens with zero attached hydrogens (tertiary/aromatic N) is 3. The van der Waals surface area contributed by atoms with Crippen LogP contribution in [-0.2, 0) is 4.74 Å². The average molecular weight is 499 g/mol. The van der Waals surface area contributed by atoms with E-state index in [9.17, 15) is 9.59 Å². The van der Waals surface area contributed by atoms with Crippen LogP contribution >= 0.6 is 11.3 Å². The number of carbonyl (C=O) groups excluding carboxylic acids is 2. The van der Waals surface area contributed by atoms with Crippen molar-refractivity contribution in [3.63, 3.8) is 0 Å². The zero-order valence-corrected chi connectivity index (χ0v) is 21.7. The quantitative estimate of drug-likeness (QED) is 0.434. The van der Waals surface area contributed by atoms with Gasteiger partial charge in [0.05, 0.1) is 42.5 Å². The Kier molecular flexibility index (Phi) is 8.07. The number of carbonyl (C=O) groups is 2. The molecule has 1 aliphatic heterocycles. The molecule has 9 heteroatoms. The van der Waals surface area contributed by atoms with Crippen molar-refractivity contribution in [2.45, 2.75) is 52.5 Å². The number of rotatable bonds is 9. The molecule has 1 fully saturated rings. The van der Waals surface area contributed by atoms with Crippen molar-refractivity contribution in [3.05, 3.63) is 40.4 Å². The van der Waals surface area contributed by atoms with Gasteiger partial charge in [0.15, 0.2) is 0 Å². The van der Waals surface area contributed by atoms with E-state index >= 15 is 0 Å². The minimum atomic E-state index is -0.186. The third-order valence-electron chi connectivity index (χ3n) is 6.37.